The van der Waals surface area contributed by atoms with Gasteiger partial charge in [-0.1, -0.05) is 60.3 Å². The first-order chi connectivity index (χ1) is 13.9. The summed E-state index contributed by atoms with van der Waals surface area (Å²) in [6.07, 6.45) is 0.726. The van der Waals surface area contributed by atoms with Gasteiger partial charge in [-0.05, 0) is 49.4 Å². The number of amides is 1. The summed E-state index contributed by atoms with van der Waals surface area (Å²) in [5.74, 6) is 0.107. The van der Waals surface area contributed by atoms with E-state index in [-0.39, 0.29) is 23.4 Å². The Morgan fingerprint density at radius 2 is 1.93 bits per heavy atom. The van der Waals surface area contributed by atoms with Crippen LogP contribution >= 0.6 is 11.8 Å². The highest BCUT2D eigenvalue weighted by atomic mass is 32.2. The van der Waals surface area contributed by atoms with Crippen LogP contribution in [0.3, 0.4) is 0 Å². The van der Waals surface area contributed by atoms with Crippen molar-refractivity contribution in [3.8, 4) is 0 Å². The number of thioether (sulfide) groups is 1. The van der Waals surface area contributed by atoms with Crippen LogP contribution in [0, 0.1) is 13.8 Å². The monoisotopic (exact) mass is 410 g/mol. The van der Waals surface area contributed by atoms with Crippen molar-refractivity contribution in [3.05, 3.63) is 81.3 Å². The molecule has 2 N–H and O–H groups in total. The van der Waals surface area contributed by atoms with Crippen LogP contribution in [0.2, 0.25) is 0 Å². The van der Waals surface area contributed by atoms with Crippen LogP contribution in [0.15, 0.2) is 58.5 Å². The number of nitrogens with one attached hydrogen (secondary N) is 2. The van der Waals surface area contributed by atoms with Crippen LogP contribution in [0.5, 0.6) is 0 Å². The molecule has 0 saturated carbocycles. The van der Waals surface area contributed by atoms with Crippen molar-refractivity contribution in [3.63, 3.8) is 0 Å². The molecule has 0 aliphatic rings. The zero-order valence-corrected chi connectivity index (χ0v) is 17.8. The number of carbonyl (C=O) groups excluding carboxylic acids is 1. The number of rotatable bonds is 8. The van der Waals surface area contributed by atoms with Gasteiger partial charge in [0.05, 0.1) is 11.8 Å². The summed E-state index contributed by atoms with van der Waals surface area (Å²) in [4.78, 5) is 24.5. The van der Waals surface area contributed by atoms with E-state index >= 15 is 0 Å². The largest absolute Gasteiger partial charge is 0.349 e. The van der Waals surface area contributed by atoms with E-state index in [1.807, 2.05) is 43.3 Å². The van der Waals surface area contributed by atoms with E-state index in [1.165, 1.54) is 22.9 Å². The molecule has 0 unspecified atom stereocenters. The van der Waals surface area contributed by atoms with Gasteiger partial charge in [0, 0.05) is 6.54 Å². The van der Waals surface area contributed by atoms with Gasteiger partial charge in [0.1, 0.15) is 0 Å². The van der Waals surface area contributed by atoms with E-state index in [2.05, 4.69) is 41.5 Å². The maximum absolute atomic E-state index is 12.4. The molecule has 1 amide bonds. The highest BCUT2D eigenvalue weighted by Crippen LogP contribution is 2.18. The molecule has 1 atom stereocenters. The Hall–Kier alpha value is -2.80. The molecule has 1 heterocycles. The average molecular weight is 411 g/mol. The van der Waals surface area contributed by atoms with Crippen molar-refractivity contribution >= 4 is 17.7 Å². The predicted octanol–water partition coefficient (Wildman–Crippen LogP) is 3.40. The van der Waals surface area contributed by atoms with Crippen LogP contribution in [-0.2, 0) is 17.8 Å². The second-order valence-corrected chi connectivity index (χ2v) is 8.06. The fourth-order valence-electron chi connectivity index (χ4n) is 3.03. The third kappa shape index (κ3) is 5.60. The van der Waals surface area contributed by atoms with E-state index in [0.29, 0.717) is 11.7 Å². The second kappa shape index (κ2) is 9.60. The minimum absolute atomic E-state index is 0.0816. The second-order valence-electron chi connectivity index (χ2n) is 7.12. The fraction of sp³-hybridized carbons (Fsp3) is 0.318. The SMILES string of the molecule is Cc1ccc([C@H](C)NC(=O)CSc2n[nH]c(=O)n2CCc2ccccc2)cc1C. The number of H-pyrrole nitrogens is 1. The van der Waals surface area contributed by atoms with Gasteiger partial charge in [-0.3, -0.25) is 9.36 Å². The number of nitrogens with zero attached hydrogens (tertiary/aromatic N) is 2. The minimum Gasteiger partial charge on any atom is -0.349 e. The lowest BCUT2D eigenvalue weighted by Crippen LogP contribution is -2.28. The van der Waals surface area contributed by atoms with E-state index < -0.39 is 0 Å². The molecular weight excluding hydrogens is 384 g/mol. The van der Waals surface area contributed by atoms with Crippen LogP contribution in [0.25, 0.3) is 0 Å². The van der Waals surface area contributed by atoms with E-state index in [9.17, 15) is 9.59 Å². The summed E-state index contributed by atoms with van der Waals surface area (Å²) in [5, 5.41) is 10.1. The van der Waals surface area contributed by atoms with Gasteiger partial charge in [0.2, 0.25) is 5.91 Å². The zero-order valence-electron chi connectivity index (χ0n) is 16.9. The molecule has 6 nitrogen and oxygen atoms in total. The average Bonchev–Trinajstić information content (AvgIpc) is 3.07. The molecule has 29 heavy (non-hydrogen) atoms. The van der Waals surface area contributed by atoms with E-state index in [1.54, 1.807) is 4.57 Å². The predicted molar refractivity (Wildman–Crippen MR) is 116 cm³/mol. The van der Waals surface area contributed by atoms with E-state index in [4.69, 9.17) is 0 Å². The first-order valence-electron chi connectivity index (χ1n) is 9.62. The molecule has 7 heteroatoms. The highest BCUT2D eigenvalue weighted by Gasteiger charge is 2.14. The van der Waals surface area contributed by atoms with Crippen LogP contribution < -0.4 is 11.0 Å². The Morgan fingerprint density at radius 1 is 1.17 bits per heavy atom. The quantitative estimate of drug-likeness (QED) is 0.558. The van der Waals surface area contributed by atoms with Gasteiger partial charge in [0.25, 0.3) is 0 Å². The Balaban J connectivity index is 1.56. The first kappa shape index (κ1) is 20.9. The van der Waals surface area contributed by atoms with Crippen LogP contribution in [0.4, 0.5) is 0 Å². The van der Waals surface area contributed by atoms with Crippen molar-refractivity contribution in [2.45, 2.75) is 44.9 Å². The molecule has 0 bridgehead atoms. The van der Waals surface area contributed by atoms with Gasteiger partial charge >= 0.3 is 5.69 Å². The van der Waals surface area contributed by atoms with E-state index in [0.717, 1.165) is 17.5 Å². The van der Waals surface area contributed by atoms with Crippen LogP contribution in [-0.4, -0.2) is 26.4 Å². The molecule has 1 aromatic heterocycles. The van der Waals surface area contributed by atoms with Gasteiger partial charge in [-0.25, -0.2) is 9.89 Å². The Kier molecular flexibility index (Phi) is 6.93. The summed E-state index contributed by atoms with van der Waals surface area (Å²) < 4.78 is 1.58. The standard InChI is InChI=1S/C22H26N4O2S/c1-15-9-10-19(13-16(15)2)17(3)23-20(27)14-29-22-25-24-21(28)26(22)12-11-18-7-5-4-6-8-18/h4-10,13,17H,11-12,14H2,1-3H3,(H,23,27)(H,24,28)/t17-/m0/s1. The van der Waals surface area contributed by atoms with Gasteiger partial charge in [-0.15, -0.1) is 5.10 Å². The number of aromatic nitrogens is 3. The molecule has 0 fully saturated rings. The number of aromatic amines is 1. The number of hydrogen-bond donors (Lipinski definition) is 2. The summed E-state index contributed by atoms with van der Waals surface area (Å²) >= 11 is 1.26. The highest BCUT2D eigenvalue weighted by molar-refractivity contribution is 7.99. The Morgan fingerprint density at radius 3 is 2.66 bits per heavy atom. The lowest BCUT2D eigenvalue weighted by atomic mass is 10.0. The molecule has 0 aliphatic heterocycles. The summed E-state index contributed by atoms with van der Waals surface area (Å²) in [5.41, 5.74) is 4.40. The number of carbonyl (C=O) groups is 1. The number of aryl methyl sites for hydroxylation is 3. The molecule has 152 valence electrons. The Bertz CT molecular complexity index is 1030. The fourth-order valence-corrected chi connectivity index (χ4v) is 3.81. The third-order valence-corrected chi connectivity index (χ3v) is 5.91. The molecule has 3 rings (SSSR count). The van der Waals surface area contributed by atoms with Crippen molar-refractivity contribution in [2.75, 3.05) is 5.75 Å². The molecule has 0 aliphatic carbocycles. The topological polar surface area (TPSA) is 79.8 Å². The van der Waals surface area contributed by atoms with Crippen molar-refractivity contribution in [2.24, 2.45) is 0 Å². The normalized spacial score (nSPS) is 12.0. The van der Waals surface area contributed by atoms with Gasteiger partial charge in [0.15, 0.2) is 5.16 Å². The maximum atomic E-state index is 12.4. The van der Waals surface area contributed by atoms with Gasteiger partial charge in [-0.2, -0.15) is 0 Å². The lowest BCUT2D eigenvalue weighted by molar-refractivity contribution is -0.119. The lowest BCUT2D eigenvalue weighted by Gasteiger charge is -2.15. The van der Waals surface area contributed by atoms with Crippen LogP contribution in [0.1, 0.15) is 35.2 Å². The molecule has 0 radical (unpaired) electrons. The summed E-state index contributed by atoms with van der Waals surface area (Å²) in [6.45, 7) is 6.62. The minimum atomic E-state index is -0.257. The van der Waals surface area contributed by atoms with Crippen molar-refractivity contribution < 1.29 is 4.79 Å². The molecule has 0 saturated heterocycles. The smallest absolute Gasteiger partial charge is 0.343 e. The number of hydrogen-bond acceptors (Lipinski definition) is 4. The maximum Gasteiger partial charge on any atom is 0.343 e. The van der Waals surface area contributed by atoms with Crippen molar-refractivity contribution in [1.29, 1.82) is 0 Å². The zero-order chi connectivity index (χ0) is 20.8. The molecular formula is C22H26N4O2S. The van der Waals surface area contributed by atoms with Crippen molar-refractivity contribution in [1.82, 2.24) is 20.1 Å². The number of benzene rings is 2. The first-order valence-corrected chi connectivity index (χ1v) is 10.6. The Labute approximate surface area is 174 Å². The molecule has 2 aromatic carbocycles. The molecule has 0 spiro atoms. The molecule has 3 aromatic rings. The van der Waals surface area contributed by atoms with Gasteiger partial charge < -0.3 is 5.32 Å². The summed E-state index contributed by atoms with van der Waals surface area (Å²) in [7, 11) is 0. The summed E-state index contributed by atoms with van der Waals surface area (Å²) in [6, 6.07) is 16.1. The third-order valence-electron chi connectivity index (χ3n) is 4.93.